The molecule has 1 saturated heterocycles. The largest absolute Gasteiger partial charge is 0.348 e. The number of rotatable bonds is 2. The zero-order valence-electron chi connectivity index (χ0n) is 11.2. The molecule has 1 spiro atoms. The van der Waals surface area contributed by atoms with Gasteiger partial charge in [0.25, 0.3) is 0 Å². The average Bonchev–Trinajstić information content (AvgIpc) is 2.66. The second-order valence-electron chi connectivity index (χ2n) is 6.17. The van der Waals surface area contributed by atoms with Crippen LogP contribution < -0.4 is 0 Å². The minimum absolute atomic E-state index is 0.208. The van der Waals surface area contributed by atoms with Crippen molar-refractivity contribution in [3.8, 4) is 0 Å². The molecule has 2 heteroatoms. The molecule has 0 amide bonds. The van der Waals surface area contributed by atoms with Crippen molar-refractivity contribution in [1.82, 2.24) is 0 Å². The maximum absolute atomic E-state index is 5.87. The molecule has 2 nitrogen and oxygen atoms in total. The maximum Gasteiger partial charge on any atom is 0.168 e. The van der Waals surface area contributed by atoms with Crippen LogP contribution in [0.3, 0.4) is 0 Å². The van der Waals surface area contributed by atoms with Crippen LogP contribution in [0.2, 0.25) is 0 Å². The van der Waals surface area contributed by atoms with E-state index < -0.39 is 0 Å². The van der Waals surface area contributed by atoms with Crippen molar-refractivity contribution in [2.75, 3.05) is 13.2 Å². The van der Waals surface area contributed by atoms with E-state index in [1.54, 1.807) is 0 Å². The Kier molecular flexibility index (Phi) is 3.60. The van der Waals surface area contributed by atoms with Crippen molar-refractivity contribution >= 4 is 0 Å². The summed E-state index contributed by atoms with van der Waals surface area (Å²) in [7, 11) is 0. The predicted octanol–water partition coefficient (Wildman–Crippen LogP) is 3.46. The molecule has 1 heterocycles. The van der Waals surface area contributed by atoms with Gasteiger partial charge in [-0.15, -0.1) is 0 Å². The Bertz CT molecular complexity index is 229. The van der Waals surface area contributed by atoms with Crippen molar-refractivity contribution in [3.63, 3.8) is 0 Å². The molecule has 0 N–H and O–H groups in total. The Morgan fingerprint density at radius 2 is 1.50 bits per heavy atom. The van der Waals surface area contributed by atoms with Crippen molar-refractivity contribution in [2.45, 2.75) is 52.7 Å². The van der Waals surface area contributed by atoms with Gasteiger partial charge in [0.05, 0.1) is 13.2 Å². The fourth-order valence-corrected chi connectivity index (χ4v) is 3.53. The second kappa shape index (κ2) is 4.66. The zero-order valence-corrected chi connectivity index (χ0v) is 11.2. The lowest BCUT2D eigenvalue weighted by molar-refractivity contribution is -0.201. The van der Waals surface area contributed by atoms with E-state index in [-0.39, 0.29) is 5.79 Å². The van der Waals surface area contributed by atoms with Crippen molar-refractivity contribution in [1.29, 1.82) is 0 Å². The van der Waals surface area contributed by atoms with Crippen LogP contribution in [0, 0.1) is 23.7 Å². The number of ether oxygens (including phenoxy) is 2. The third kappa shape index (κ3) is 2.28. The summed E-state index contributed by atoms with van der Waals surface area (Å²) in [6, 6.07) is 0. The van der Waals surface area contributed by atoms with Gasteiger partial charge in [0.1, 0.15) is 0 Å². The number of hydrogen-bond donors (Lipinski definition) is 0. The Balaban J connectivity index is 2.08. The highest BCUT2D eigenvalue weighted by Crippen LogP contribution is 2.46. The molecule has 0 aromatic carbocycles. The Hall–Kier alpha value is -0.0800. The van der Waals surface area contributed by atoms with Gasteiger partial charge in [0.15, 0.2) is 5.79 Å². The third-order valence-electron chi connectivity index (χ3n) is 4.48. The van der Waals surface area contributed by atoms with Gasteiger partial charge in [-0.2, -0.15) is 0 Å². The zero-order chi connectivity index (χ0) is 11.8. The monoisotopic (exact) mass is 226 g/mol. The van der Waals surface area contributed by atoms with Crippen LogP contribution in [0.5, 0.6) is 0 Å². The van der Waals surface area contributed by atoms with E-state index in [2.05, 4.69) is 27.7 Å². The van der Waals surface area contributed by atoms with Gasteiger partial charge in [-0.05, 0) is 30.1 Å². The van der Waals surface area contributed by atoms with Crippen molar-refractivity contribution in [2.24, 2.45) is 23.7 Å². The van der Waals surface area contributed by atoms with Gasteiger partial charge < -0.3 is 9.47 Å². The lowest BCUT2D eigenvalue weighted by atomic mass is 9.67. The smallest absolute Gasteiger partial charge is 0.168 e. The molecule has 2 atom stereocenters. The van der Waals surface area contributed by atoms with E-state index >= 15 is 0 Å². The van der Waals surface area contributed by atoms with E-state index in [1.165, 1.54) is 6.42 Å². The summed E-state index contributed by atoms with van der Waals surface area (Å²) in [4.78, 5) is 0. The second-order valence-corrected chi connectivity index (χ2v) is 6.17. The molecule has 0 aromatic heterocycles. The average molecular weight is 226 g/mol. The fraction of sp³-hybridized carbons (Fsp3) is 1.00. The molecule has 0 bridgehead atoms. The van der Waals surface area contributed by atoms with Gasteiger partial charge in [-0.1, -0.05) is 27.7 Å². The summed E-state index contributed by atoms with van der Waals surface area (Å²) in [5.41, 5.74) is 0. The molecule has 1 aliphatic heterocycles. The molecule has 2 rings (SSSR count). The van der Waals surface area contributed by atoms with Gasteiger partial charge >= 0.3 is 0 Å². The Morgan fingerprint density at radius 3 is 2.00 bits per heavy atom. The lowest BCUT2D eigenvalue weighted by Crippen LogP contribution is -2.43. The standard InChI is InChI=1S/C14H26O2/c1-10(2)12-5-6-14(15-7-8-16-14)9-13(12)11(3)4/h10-13H,5-9H2,1-4H3/t12-,13+/m1/s1. The summed E-state index contributed by atoms with van der Waals surface area (Å²) in [6.45, 7) is 11.0. The SMILES string of the molecule is CC(C)[C@H]1CCC2(C[C@H]1C(C)C)OCCO2. The van der Waals surface area contributed by atoms with Crippen LogP contribution in [-0.2, 0) is 9.47 Å². The van der Waals surface area contributed by atoms with E-state index in [9.17, 15) is 0 Å². The highest BCUT2D eigenvalue weighted by molar-refractivity contribution is 4.90. The first-order valence-corrected chi connectivity index (χ1v) is 6.82. The van der Waals surface area contributed by atoms with Crippen LogP contribution in [-0.4, -0.2) is 19.0 Å². The molecule has 16 heavy (non-hydrogen) atoms. The van der Waals surface area contributed by atoms with E-state index in [4.69, 9.17) is 9.47 Å². The first-order chi connectivity index (χ1) is 7.54. The van der Waals surface area contributed by atoms with Crippen molar-refractivity contribution < 1.29 is 9.47 Å². The molecular formula is C14H26O2. The fourth-order valence-electron chi connectivity index (χ4n) is 3.53. The molecule has 0 aromatic rings. The van der Waals surface area contributed by atoms with Crippen LogP contribution in [0.4, 0.5) is 0 Å². The topological polar surface area (TPSA) is 18.5 Å². The van der Waals surface area contributed by atoms with Gasteiger partial charge in [-0.3, -0.25) is 0 Å². The van der Waals surface area contributed by atoms with E-state index in [0.717, 1.165) is 49.7 Å². The van der Waals surface area contributed by atoms with Gasteiger partial charge in [0.2, 0.25) is 0 Å². The molecule has 2 fully saturated rings. The molecule has 1 saturated carbocycles. The summed E-state index contributed by atoms with van der Waals surface area (Å²) in [5.74, 6) is 2.91. The lowest BCUT2D eigenvalue weighted by Gasteiger charge is -2.44. The third-order valence-corrected chi connectivity index (χ3v) is 4.48. The summed E-state index contributed by atoms with van der Waals surface area (Å²) < 4.78 is 11.7. The van der Waals surface area contributed by atoms with E-state index in [0.29, 0.717) is 0 Å². The molecule has 0 radical (unpaired) electrons. The Labute approximate surface area is 99.7 Å². The summed E-state index contributed by atoms with van der Waals surface area (Å²) in [6.07, 6.45) is 3.47. The highest BCUT2D eigenvalue weighted by Gasteiger charge is 2.46. The normalized spacial score (nSPS) is 34.1. The minimum atomic E-state index is -0.208. The highest BCUT2D eigenvalue weighted by atomic mass is 16.7. The first kappa shape index (κ1) is 12.4. The Morgan fingerprint density at radius 1 is 0.938 bits per heavy atom. The first-order valence-electron chi connectivity index (χ1n) is 6.82. The number of hydrogen-bond acceptors (Lipinski definition) is 2. The van der Waals surface area contributed by atoms with Crippen LogP contribution >= 0.6 is 0 Å². The predicted molar refractivity (Wildman–Crippen MR) is 65.1 cm³/mol. The molecule has 1 aliphatic carbocycles. The maximum atomic E-state index is 5.87. The van der Waals surface area contributed by atoms with Gasteiger partial charge in [0, 0.05) is 12.8 Å². The van der Waals surface area contributed by atoms with Crippen LogP contribution in [0.15, 0.2) is 0 Å². The van der Waals surface area contributed by atoms with Crippen molar-refractivity contribution in [3.05, 3.63) is 0 Å². The summed E-state index contributed by atoms with van der Waals surface area (Å²) in [5, 5.41) is 0. The summed E-state index contributed by atoms with van der Waals surface area (Å²) >= 11 is 0. The quantitative estimate of drug-likeness (QED) is 0.718. The van der Waals surface area contributed by atoms with E-state index in [1.807, 2.05) is 0 Å². The minimum Gasteiger partial charge on any atom is -0.348 e. The molecule has 2 aliphatic rings. The molecular weight excluding hydrogens is 200 g/mol. The van der Waals surface area contributed by atoms with Crippen LogP contribution in [0.1, 0.15) is 47.0 Å². The van der Waals surface area contributed by atoms with Gasteiger partial charge in [-0.25, -0.2) is 0 Å². The molecule has 94 valence electrons. The molecule has 0 unspecified atom stereocenters. The van der Waals surface area contributed by atoms with Crippen LogP contribution in [0.25, 0.3) is 0 Å².